The Hall–Kier alpha value is -0.790. The summed E-state index contributed by atoms with van der Waals surface area (Å²) in [7, 11) is 0. The highest BCUT2D eigenvalue weighted by molar-refractivity contribution is 5.66. The maximum absolute atomic E-state index is 11.5. The van der Waals surface area contributed by atoms with Crippen LogP contribution in [0.25, 0.3) is 0 Å². The van der Waals surface area contributed by atoms with Crippen molar-refractivity contribution in [2.24, 2.45) is 45.8 Å². The Balaban J connectivity index is 1.51. The minimum atomic E-state index is -0.117. The second kappa shape index (κ2) is 8.77. The molecular weight excluding hydrogens is 392 g/mol. The fourth-order valence-corrected chi connectivity index (χ4v) is 9.23. The maximum atomic E-state index is 11.5. The van der Waals surface area contributed by atoms with Crippen LogP contribution >= 0.6 is 0 Å². The van der Waals surface area contributed by atoms with Crippen molar-refractivity contribution in [1.29, 1.82) is 0 Å². The highest BCUT2D eigenvalue weighted by atomic mass is 16.5. The van der Waals surface area contributed by atoms with E-state index in [9.17, 15) is 4.79 Å². The fraction of sp³-hybridized carbons (Fsp3) is 0.900. The van der Waals surface area contributed by atoms with Crippen LogP contribution in [0.4, 0.5) is 0 Å². The molecule has 2 heteroatoms. The minimum absolute atomic E-state index is 0.110. The van der Waals surface area contributed by atoms with Gasteiger partial charge in [-0.15, -0.1) is 0 Å². The number of esters is 1. The van der Waals surface area contributed by atoms with E-state index in [0.717, 1.165) is 42.4 Å². The van der Waals surface area contributed by atoms with Gasteiger partial charge in [-0.2, -0.15) is 0 Å². The Bertz CT molecular complexity index is 737. The van der Waals surface area contributed by atoms with E-state index in [1.165, 1.54) is 57.8 Å². The van der Waals surface area contributed by atoms with Crippen LogP contribution in [-0.2, 0) is 9.53 Å². The summed E-state index contributed by atoms with van der Waals surface area (Å²) < 4.78 is 5.63. The van der Waals surface area contributed by atoms with Gasteiger partial charge in [-0.25, -0.2) is 0 Å². The van der Waals surface area contributed by atoms with Crippen molar-refractivity contribution in [1.82, 2.24) is 0 Å². The first-order valence-electron chi connectivity index (χ1n) is 13.9. The third kappa shape index (κ3) is 3.90. The number of hydrogen-bond donors (Lipinski definition) is 0. The molecule has 0 aromatic carbocycles. The SMILES string of the molecule is CC(=O)O[C@H]1CC[C@@]2(C)C(=CC[C@@H]3[C@@H]2CC[C@@]2(C)[C@H]3CC[C@]2(C)[C@H](C)CCCC(C)C)C1. The molecule has 3 fully saturated rings. The van der Waals surface area contributed by atoms with E-state index in [-0.39, 0.29) is 12.1 Å². The smallest absolute Gasteiger partial charge is 0.302 e. The van der Waals surface area contributed by atoms with Crippen LogP contribution in [0.3, 0.4) is 0 Å². The van der Waals surface area contributed by atoms with Crippen LogP contribution in [0.2, 0.25) is 0 Å². The third-order valence-electron chi connectivity index (χ3n) is 11.6. The summed E-state index contributed by atoms with van der Waals surface area (Å²) in [5.74, 6) is 4.12. The monoisotopic (exact) mass is 442 g/mol. The first-order valence-corrected chi connectivity index (χ1v) is 13.9. The lowest BCUT2D eigenvalue weighted by molar-refractivity contribution is -0.149. The zero-order valence-electron chi connectivity index (χ0n) is 22.1. The molecule has 182 valence electrons. The second-order valence-corrected chi connectivity index (χ2v) is 13.4. The topological polar surface area (TPSA) is 26.3 Å². The van der Waals surface area contributed by atoms with Gasteiger partial charge in [0.2, 0.25) is 0 Å². The molecule has 32 heavy (non-hydrogen) atoms. The molecule has 0 unspecified atom stereocenters. The summed E-state index contributed by atoms with van der Waals surface area (Å²) >= 11 is 0. The Morgan fingerprint density at radius 2 is 1.75 bits per heavy atom. The maximum Gasteiger partial charge on any atom is 0.302 e. The van der Waals surface area contributed by atoms with Gasteiger partial charge in [-0.3, -0.25) is 4.79 Å². The number of rotatable bonds is 6. The molecule has 0 spiro atoms. The molecule has 0 aromatic heterocycles. The van der Waals surface area contributed by atoms with Crippen LogP contribution in [0.5, 0.6) is 0 Å². The van der Waals surface area contributed by atoms with Crippen molar-refractivity contribution in [2.75, 3.05) is 0 Å². The predicted molar refractivity (Wildman–Crippen MR) is 133 cm³/mol. The predicted octanol–water partition coefficient (Wildman–Crippen LogP) is 8.35. The van der Waals surface area contributed by atoms with Gasteiger partial charge in [0, 0.05) is 13.3 Å². The zero-order valence-corrected chi connectivity index (χ0v) is 22.1. The lowest BCUT2D eigenvalue weighted by Gasteiger charge is -2.60. The van der Waals surface area contributed by atoms with Gasteiger partial charge < -0.3 is 4.74 Å². The van der Waals surface area contributed by atoms with Gasteiger partial charge in [-0.1, -0.05) is 72.5 Å². The summed E-state index contributed by atoms with van der Waals surface area (Å²) in [6, 6.07) is 0. The lowest BCUT2D eigenvalue weighted by atomic mass is 9.44. The molecule has 0 saturated heterocycles. The summed E-state index contributed by atoms with van der Waals surface area (Å²) in [4.78, 5) is 11.5. The van der Waals surface area contributed by atoms with Gasteiger partial charge in [0.1, 0.15) is 6.10 Å². The molecule has 4 rings (SSSR count). The Morgan fingerprint density at radius 1 is 1.03 bits per heavy atom. The average Bonchev–Trinajstić information content (AvgIpc) is 3.00. The first-order chi connectivity index (χ1) is 15.0. The van der Waals surface area contributed by atoms with E-state index in [2.05, 4.69) is 47.6 Å². The molecular formula is C30H50O2. The summed E-state index contributed by atoms with van der Waals surface area (Å²) in [6.07, 6.45) is 17.1. The van der Waals surface area contributed by atoms with Crippen molar-refractivity contribution in [3.05, 3.63) is 11.6 Å². The largest absolute Gasteiger partial charge is 0.462 e. The average molecular weight is 443 g/mol. The summed E-state index contributed by atoms with van der Waals surface area (Å²) in [5.41, 5.74) is 2.95. The molecule has 0 bridgehead atoms. The molecule has 4 aliphatic carbocycles. The van der Waals surface area contributed by atoms with Gasteiger partial charge >= 0.3 is 5.97 Å². The van der Waals surface area contributed by atoms with E-state index >= 15 is 0 Å². The molecule has 0 N–H and O–H groups in total. The van der Waals surface area contributed by atoms with Crippen LogP contribution in [0, 0.1) is 45.8 Å². The second-order valence-electron chi connectivity index (χ2n) is 13.4. The summed E-state index contributed by atoms with van der Waals surface area (Å²) in [6.45, 7) is 16.8. The summed E-state index contributed by atoms with van der Waals surface area (Å²) in [5, 5.41) is 0. The molecule has 0 amide bonds. The Kier molecular flexibility index (Phi) is 6.67. The van der Waals surface area contributed by atoms with Gasteiger partial charge in [0.05, 0.1) is 0 Å². The first kappa shape index (κ1) is 24.3. The third-order valence-corrected chi connectivity index (χ3v) is 11.6. The number of ether oxygens (including phenoxy) is 1. The molecule has 0 radical (unpaired) electrons. The van der Waals surface area contributed by atoms with E-state index in [1.807, 2.05) is 0 Å². The Morgan fingerprint density at radius 3 is 2.44 bits per heavy atom. The molecule has 8 atom stereocenters. The molecule has 2 nitrogen and oxygen atoms in total. The van der Waals surface area contributed by atoms with E-state index in [1.54, 1.807) is 12.5 Å². The molecule has 3 saturated carbocycles. The molecule has 0 aromatic rings. The highest BCUT2D eigenvalue weighted by Crippen LogP contribution is 2.71. The Labute approximate surface area is 198 Å². The van der Waals surface area contributed by atoms with Crippen molar-refractivity contribution in [3.63, 3.8) is 0 Å². The molecule has 0 heterocycles. The number of allylic oxidation sites excluding steroid dienone is 1. The van der Waals surface area contributed by atoms with Crippen LogP contribution in [-0.4, -0.2) is 12.1 Å². The van der Waals surface area contributed by atoms with Crippen molar-refractivity contribution in [2.45, 2.75) is 125 Å². The standard InChI is InChI=1S/C30H50O2/c1-20(2)9-8-10-21(3)29(6)17-15-27-25-12-11-23-19-24(32-22(4)31)13-16-28(23,5)26(25)14-18-30(27,29)7/h11,20-21,24-27H,8-10,12-19H2,1-7H3/t21-,24+,25-,26+,27+,28+,29-,30+/m1/s1. The fourth-order valence-electron chi connectivity index (χ4n) is 9.23. The normalized spacial score (nSPS) is 44.3. The minimum Gasteiger partial charge on any atom is -0.462 e. The van der Waals surface area contributed by atoms with E-state index < -0.39 is 0 Å². The molecule has 0 aliphatic heterocycles. The van der Waals surface area contributed by atoms with Crippen LogP contribution in [0.15, 0.2) is 11.6 Å². The van der Waals surface area contributed by atoms with Crippen LogP contribution < -0.4 is 0 Å². The van der Waals surface area contributed by atoms with Crippen molar-refractivity contribution >= 4 is 5.97 Å². The quantitative estimate of drug-likeness (QED) is 0.305. The van der Waals surface area contributed by atoms with Crippen molar-refractivity contribution in [3.8, 4) is 0 Å². The van der Waals surface area contributed by atoms with E-state index in [0.29, 0.717) is 16.2 Å². The lowest BCUT2D eigenvalue weighted by Crippen LogP contribution is -2.53. The number of carbonyl (C=O) groups excluding carboxylic acids is 1. The number of hydrogen-bond acceptors (Lipinski definition) is 2. The van der Waals surface area contributed by atoms with Gasteiger partial charge in [0.25, 0.3) is 0 Å². The molecule has 4 aliphatic rings. The van der Waals surface area contributed by atoms with Crippen LogP contribution in [0.1, 0.15) is 119 Å². The van der Waals surface area contributed by atoms with Crippen molar-refractivity contribution < 1.29 is 9.53 Å². The zero-order chi connectivity index (χ0) is 23.3. The number of fused-ring (bicyclic) bond motifs is 5. The highest BCUT2D eigenvalue weighted by Gasteiger charge is 2.63. The van der Waals surface area contributed by atoms with Gasteiger partial charge in [0.15, 0.2) is 0 Å². The van der Waals surface area contributed by atoms with E-state index in [4.69, 9.17) is 4.74 Å². The number of carbonyl (C=O) groups is 1. The van der Waals surface area contributed by atoms with Gasteiger partial charge in [-0.05, 0) is 90.8 Å².